The standard InChI is InChI=1S/C15H25N3O/c1-11-12(2)19-15(17-11)10-18-7-5-14(6-8-18)16-9-13-3-4-13/h13-14,16H,3-10H2,1-2H3. The molecule has 0 atom stereocenters. The summed E-state index contributed by atoms with van der Waals surface area (Å²) < 4.78 is 5.66. The van der Waals surface area contributed by atoms with Crippen molar-refractivity contribution < 1.29 is 4.42 Å². The van der Waals surface area contributed by atoms with Gasteiger partial charge in [-0.15, -0.1) is 0 Å². The number of nitrogens with one attached hydrogen (secondary N) is 1. The average molecular weight is 263 g/mol. The van der Waals surface area contributed by atoms with Gasteiger partial charge < -0.3 is 9.73 Å². The summed E-state index contributed by atoms with van der Waals surface area (Å²) in [6, 6.07) is 0.727. The molecule has 1 aromatic rings. The zero-order valence-corrected chi connectivity index (χ0v) is 12.1. The summed E-state index contributed by atoms with van der Waals surface area (Å²) in [6.45, 7) is 8.41. The minimum absolute atomic E-state index is 0.727. The summed E-state index contributed by atoms with van der Waals surface area (Å²) in [6.07, 6.45) is 5.39. The van der Waals surface area contributed by atoms with Crippen LogP contribution >= 0.6 is 0 Å². The van der Waals surface area contributed by atoms with Crippen LogP contribution in [0.2, 0.25) is 0 Å². The topological polar surface area (TPSA) is 41.3 Å². The molecule has 1 saturated heterocycles. The second-order valence-corrected chi connectivity index (χ2v) is 6.15. The zero-order chi connectivity index (χ0) is 13.2. The lowest BCUT2D eigenvalue weighted by atomic mass is 10.0. The SMILES string of the molecule is Cc1nc(CN2CCC(NCC3CC3)CC2)oc1C. The molecule has 0 bridgehead atoms. The predicted molar refractivity (Wildman–Crippen MR) is 75.0 cm³/mol. The van der Waals surface area contributed by atoms with Crippen molar-refractivity contribution in [2.45, 2.75) is 52.1 Å². The van der Waals surface area contributed by atoms with Crippen LogP contribution < -0.4 is 5.32 Å². The van der Waals surface area contributed by atoms with Gasteiger partial charge in [0.05, 0.1) is 12.2 Å². The predicted octanol–water partition coefficient (Wildman–Crippen LogP) is 2.26. The van der Waals surface area contributed by atoms with Gasteiger partial charge in [-0.1, -0.05) is 0 Å². The van der Waals surface area contributed by atoms with Crippen LogP contribution in [0.1, 0.15) is 43.0 Å². The minimum atomic E-state index is 0.727. The van der Waals surface area contributed by atoms with Gasteiger partial charge in [0.1, 0.15) is 5.76 Å². The van der Waals surface area contributed by atoms with E-state index in [1.54, 1.807) is 0 Å². The van der Waals surface area contributed by atoms with Crippen LogP contribution in [-0.4, -0.2) is 35.6 Å². The number of piperidine rings is 1. The van der Waals surface area contributed by atoms with E-state index in [9.17, 15) is 0 Å². The smallest absolute Gasteiger partial charge is 0.208 e. The lowest BCUT2D eigenvalue weighted by Gasteiger charge is -2.31. The maximum absolute atomic E-state index is 5.66. The molecule has 1 saturated carbocycles. The Kier molecular flexibility index (Phi) is 3.89. The van der Waals surface area contributed by atoms with Crippen LogP contribution in [0.25, 0.3) is 0 Å². The zero-order valence-electron chi connectivity index (χ0n) is 12.1. The van der Waals surface area contributed by atoms with Gasteiger partial charge in [-0.05, 0) is 52.0 Å². The number of oxazole rings is 1. The summed E-state index contributed by atoms with van der Waals surface area (Å²) in [5.74, 6) is 2.81. The molecule has 1 aliphatic carbocycles. The Morgan fingerprint density at radius 1 is 1.21 bits per heavy atom. The third-order valence-corrected chi connectivity index (χ3v) is 4.41. The fourth-order valence-electron chi connectivity index (χ4n) is 2.75. The minimum Gasteiger partial charge on any atom is -0.444 e. The summed E-state index contributed by atoms with van der Waals surface area (Å²) in [5, 5.41) is 3.72. The fourth-order valence-corrected chi connectivity index (χ4v) is 2.75. The van der Waals surface area contributed by atoms with Crippen molar-refractivity contribution in [2.75, 3.05) is 19.6 Å². The highest BCUT2D eigenvalue weighted by Crippen LogP contribution is 2.28. The van der Waals surface area contributed by atoms with E-state index in [-0.39, 0.29) is 0 Å². The molecule has 3 rings (SSSR count). The van der Waals surface area contributed by atoms with Crippen LogP contribution in [0, 0.1) is 19.8 Å². The molecule has 0 amide bonds. The van der Waals surface area contributed by atoms with Crippen molar-refractivity contribution in [1.29, 1.82) is 0 Å². The molecule has 1 aromatic heterocycles. The summed E-state index contributed by atoms with van der Waals surface area (Å²) in [4.78, 5) is 6.93. The highest BCUT2D eigenvalue weighted by molar-refractivity contribution is 5.05. The van der Waals surface area contributed by atoms with E-state index in [0.29, 0.717) is 0 Å². The maximum atomic E-state index is 5.66. The summed E-state index contributed by atoms with van der Waals surface area (Å²) in [7, 11) is 0. The lowest BCUT2D eigenvalue weighted by Crippen LogP contribution is -2.42. The molecule has 4 heteroatoms. The van der Waals surface area contributed by atoms with Crippen molar-refractivity contribution in [3.63, 3.8) is 0 Å². The van der Waals surface area contributed by atoms with Gasteiger partial charge in [0.25, 0.3) is 0 Å². The van der Waals surface area contributed by atoms with Gasteiger partial charge >= 0.3 is 0 Å². The van der Waals surface area contributed by atoms with E-state index in [1.807, 2.05) is 13.8 Å². The Balaban J connectivity index is 1.41. The molecule has 0 unspecified atom stereocenters. The van der Waals surface area contributed by atoms with Gasteiger partial charge in [0.2, 0.25) is 5.89 Å². The van der Waals surface area contributed by atoms with E-state index in [4.69, 9.17) is 4.42 Å². The second kappa shape index (κ2) is 5.63. The van der Waals surface area contributed by atoms with Crippen LogP contribution in [0.3, 0.4) is 0 Å². The van der Waals surface area contributed by atoms with Gasteiger partial charge in [-0.2, -0.15) is 0 Å². The van der Waals surface area contributed by atoms with Crippen molar-refractivity contribution in [1.82, 2.24) is 15.2 Å². The van der Waals surface area contributed by atoms with Crippen LogP contribution in [0.5, 0.6) is 0 Å². The van der Waals surface area contributed by atoms with Gasteiger partial charge in [-0.3, -0.25) is 4.90 Å². The number of aromatic nitrogens is 1. The van der Waals surface area contributed by atoms with E-state index in [2.05, 4.69) is 15.2 Å². The number of aryl methyl sites for hydroxylation is 2. The Labute approximate surface area is 115 Å². The molecule has 106 valence electrons. The van der Waals surface area contributed by atoms with Crippen LogP contribution in [-0.2, 0) is 6.54 Å². The maximum Gasteiger partial charge on any atom is 0.208 e. The first kappa shape index (κ1) is 13.1. The number of nitrogens with zero attached hydrogens (tertiary/aromatic N) is 2. The van der Waals surface area contributed by atoms with Crippen LogP contribution in [0.4, 0.5) is 0 Å². The molecule has 0 spiro atoms. The monoisotopic (exact) mass is 263 g/mol. The van der Waals surface area contributed by atoms with Gasteiger partial charge in [-0.25, -0.2) is 4.98 Å². The molecule has 0 aromatic carbocycles. The molecular weight excluding hydrogens is 238 g/mol. The Bertz CT molecular complexity index is 398. The third kappa shape index (κ3) is 3.57. The molecule has 19 heavy (non-hydrogen) atoms. The largest absolute Gasteiger partial charge is 0.444 e. The van der Waals surface area contributed by atoms with Crippen molar-refractivity contribution in [3.8, 4) is 0 Å². The quantitative estimate of drug-likeness (QED) is 0.884. The van der Waals surface area contributed by atoms with Crippen molar-refractivity contribution in [3.05, 3.63) is 17.3 Å². The molecular formula is C15H25N3O. The van der Waals surface area contributed by atoms with Crippen LogP contribution in [0.15, 0.2) is 4.42 Å². The Morgan fingerprint density at radius 3 is 2.53 bits per heavy atom. The number of rotatable bonds is 5. The van der Waals surface area contributed by atoms with Crippen molar-refractivity contribution in [2.24, 2.45) is 5.92 Å². The van der Waals surface area contributed by atoms with E-state index in [1.165, 1.54) is 32.2 Å². The molecule has 2 fully saturated rings. The average Bonchev–Trinajstić information content (AvgIpc) is 3.16. The first-order valence-electron chi connectivity index (χ1n) is 7.59. The van der Waals surface area contributed by atoms with E-state index in [0.717, 1.165) is 48.9 Å². The number of hydrogen-bond acceptors (Lipinski definition) is 4. The molecule has 1 aliphatic heterocycles. The third-order valence-electron chi connectivity index (χ3n) is 4.41. The fraction of sp³-hybridized carbons (Fsp3) is 0.800. The summed E-state index contributed by atoms with van der Waals surface area (Å²) >= 11 is 0. The van der Waals surface area contributed by atoms with Crippen molar-refractivity contribution >= 4 is 0 Å². The number of likely N-dealkylation sites (tertiary alicyclic amines) is 1. The lowest BCUT2D eigenvalue weighted by molar-refractivity contribution is 0.175. The summed E-state index contributed by atoms with van der Waals surface area (Å²) in [5.41, 5.74) is 1.02. The molecule has 1 N–H and O–H groups in total. The highest BCUT2D eigenvalue weighted by Gasteiger charge is 2.24. The molecule has 4 nitrogen and oxygen atoms in total. The van der Waals surface area contributed by atoms with Gasteiger partial charge in [0, 0.05) is 19.1 Å². The Morgan fingerprint density at radius 2 is 1.95 bits per heavy atom. The molecule has 2 aliphatic rings. The number of hydrogen-bond donors (Lipinski definition) is 1. The van der Waals surface area contributed by atoms with Gasteiger partial charge in [0.15, 0.2) is 0 Å². The molecule has 2 heterocycles. The highest BCUT2D eigenvalue weighted by atomic mass is 16.4. The Hall–Kier alpha value is -0.870. The van der Waals surface area contributed by atoms with E-state index >= 15 is 0 Å². The second-order valence-electron chi connectivity index (χ2n) is 6.15. The first-order valence-corrected chi connectivity index (χ1v) is 7.59. The normalized spacial score (nSPS) is 22.0. The first-order chi connectivity index (χ1) is 9.20. The molecule has 0 radical (unpaired) electrons. The van der Waals surface area contributed by atoms with E-state index < -0.39 is 0 Å².